The van der Waals surface area contributed by atoms with Crippen LogP contribution < -0.4 is 0 Å². The molecule has 0 heterocycles. The summed E-state index contributed by atoms with van der Waals surface area (Å²) in [5, 5.41) is -1.48. The van der Waals surface area contributed by atoms with E-state index in [0.29, 0.717) is 0 Å². The molecule has 0 aromatic rings. The molecule has 15 heavy (non-hydrogen) atoms. The Bertz CT molecular complexity index is 148. The van der Waals surface area contributed by atoms with Crippen LogP contribution in [0.25, 0.3) is 0 Å². The van der Waals surface area contributed by atoms with Gasteiger partial charge in [0.2, 0.25) is 0 Å². The zero-order valence-electron chi connectivity index (χ0n) is 11.2. The molecule has 0 saturated carbocycles. The average molecular weight is 297 g/mol. The van der Waals surface area contributed by atoms with Crippen LogP contribution >= 0.6 is 20.8 Å². The first-order valence-corrected chi connectivity index (χ1v) is 11.8. The van der Waals surface area contributed by atoms with Gasteiger partial charge in [-0.25, -0.2) is 0 Å². The SMILES string of the molecule is CCCCP(Br)(CCC)(CCC)CCC. The fourth-order valence-corrected chi connectivity index (χ4v) is 12.6. The van der Waals surface area contributed by atoms with E-state index >= 15 is 0 Å². The third-order valence-corrected chi connectivity index (χ3v) is 13.8. The Morgan fingerprint density at radius 1 is 0.667 bits per heavy atom. The Labute approximate surface area is 105 Å². The minimum atomic E-state index is -1.48. The minimum absolute atomic E-state index is 1.35. The van der Waals surface area contributed by atoms with E-state index in [4.69, 9.17) is 0 Å². The predicted molar refractivity (Wildman–Crippen MR) is 81.1 cm³/mol. The summed E-state index contributed by atoms with van der Waals surface area (Å²) in [6, 6.07) is 0. The van der Waals surface area contributed by atoms with Gasteiger partial charge in [0.25, 0.3) is 0 Å². The molecule has 0 saturated heterocycles. The van der Waals surface area contributed by atoms with E-state index in [9.17, 15) is 0 Å². The molecule has 0 bridgehead atoms. The van der Waals surface area contributed by atoms with Gasteiger partial charge in [0.05, 0.1) is 0 Å². The van der Waals surface area contributed by atoms with Crippen LogP contribution in [0.2, 0.25) is 0 Å². The first kappa shape index (κ1) is 15.9. The number of hydrogen-bond acceptors (Lipinski definition) is 0. The van der Waals surface area contributed by atoms with Crippen molar-refractivity contribution in [2.24, 2.45) is 0 Å². The number of hydrogen-bond donors (Lipinski definition) is 0. The Morgan fingerprint density at radius 3 is 1.33 bits per heavy atom. The predicted octanol–water partition coefficient (Wildman–Crippen LogP) is 5.88. The summed E-state index contributed by atoms with van der Waals surface area (Å²) in [5.74, 6) is 0. The molecule has 0 amide bonds. The first-order chi connectivity index (χ1) is 7.04. The van der Waals surface area contributed by atoms with Crippen molar-refractivity contribution in [3.63, 3.8) is 0 Å². The van der Waals surface area contributed by atoms with E-state index in [-0.39, 0.29) is 0 Å². The van der Waals surface area contributed by atoms with Crippen LogP contribution in [-0.2, 0) is 0 Å². The van der Waals surface area contributed by atoms with Crippen LogP contribution in [0.3, 0.4) is 0 Å². The van der Waals surface area contributed by atoms with Crippen LogP contribution in [0.15, 0.2) is 0 Å². The van der Waals surface area contributed by atoms with Gasteiger partial charge in [0.1, 0.15) is 0 Å². The standard InChI is InChI=1S/C13H30BrP/c1-5-9-13-15(14,10-6-2,11-7-3)12-8-4/h5-13H2,1-4H3. The zero-order chi connectivity index (χ0) is 11.8. The van der Waals surface area contributed by atoms with Gasteiger partial charge >= 0.3 is 105 Å². The van der Waals surface area contributed by atoms with Gasteiger partial charge in [-0.1, -0.05) is 0 Å². The Kier molecular flexibility index (Phi) is 7.72. The van der Waals surface area contributed by atoms with E-state index < -0.39 is 5.31 Å². The third-order valence-electron chi connectivity index (χ3n) is 3.42. The van der Waals surface area contributed by atoms with Crippen molar-refractivity contribution in [1.29, 1.82) is 0 Å². The molecule has 0 rings (SSSR count). The molecule has 94 valence electrons. The number of halogens is 1. The zero-order valence-corrected chi connectivity index (χ0v) is 13.7. The van der Waals surface area contributed by atoms with Crippen molar-refractivity contribution in [1.82, 2.24) is 0 Å². The van der Waals surface area contributed by atoms with E-state index in [2.05, 4.69) is 43.2 Å². The van der Waals surface area contributed by atoms with Crippen molar-refractivity contribution in [3.05, 3.63) is 0 Å². The molecule has 0 aliphatic heterocycles. The second-order valence-electron chi connectivity index (χ2n) is 5.07. The molecule has 0 atom stereocenters. The van der Waals surface area contributed by atoms with Crippen LogP contribution in [0.1, 0.15) is 59.8 Å². The van der Waals surface area contributed by atoms with Crippen LogP contribution in [0, 0.1) is 0 Å². The third kappa shape index (κ3) is 5.18. The molecule has 0 aliphatic carbocycles. The number of rotatable bonds is 9. The Balaban J connectivity index is 4.69. The fourth-order valence-electron chi connectivity index (χ4n) is 2.90. The molecule has 2 heteroatoms. The second-order valence-corrected chi connectivity index (χ2v) is 16.5. The van der Waals surface area contributed by atoms with Gasteiger partial charge in [0, 0.05) is 0 Å². The molecular weight excluding hydrogens is 267 g/mol. The molecule has 0 aromatic heterocycles. The van der Waals surface area contributed by atoms with Crippen molar-refractivity contribution in [2.75, 3.05) is 24.6 Å². The van der Waals surface area contributed by atoms with Crippen molar-refractivity contribution in [2.45, 2.75) is 59.8 Å². The van der Waals surface area contributed by atoms with Gasteiger partial charge in [-0.2, -0.15) is 0 Å². The van der Waals surface area contributed by atoms with Gasteiger partial charge in [-0.15, -0.1) is 0 Å². The number of unbranched alkanes of at least 4 members (excludes halogenated alkanes) is 1. The summed E-state index contributed by atoms with van der Waals surface area (Å²) in [6.45, 7) is 9.36. The summed E-state index contributed by atoms with van der Waals surface area (Å²) in [6.07, 6.45) is 12.7. The van der Waals surface area contributed by atoms with Crippen molar-refractivity contribution >= 4 is 20.8 Å². The van der Waals surface area contributed by atoms with Crippen LogP contribution in [-0.4, -0.2) is 24.6 Å². The summed E-state index contributed by atoms with van der Waals surface area (Å²) in [5.41, 5.74) is 0. The van der Waals surface area contributed by atoms with Gasteiger partial charge in [0.15, 0.2) is 0 Å². The molecule has 0 fully saturated rings. The normalized spacial score (nSPS) is 14.9. The quantitative estimate of drug-likeness (QED) is 0.466. The van der Waals surface area contributed by atoms with Gasteiger partial charge < -0.3 is 0 Å². The van der Waals surface area contributed by atoms with E-state index in [1.165, 1.54) is 56.8 Å². The van der Waals surface area contributed by atoms with E-state index in [0.717, 1.165) is 0 Å². The maximum atomic E-state index is 4.31. The van der Waals surface area contributed by atoms with Gasteiger partial charge in [-0.05, 0) is 0 Å². The van der Waals surface area contributed by atoms with Gasteiger partial charge in [-0.3, -0.25) is 0 Å². The summed E-state index contributed by atoms with van der Waals surface area (Å²) >= 11 is 4.31. The Hall–Kier alpha value is 0.910. The maximum absolute atomic E-state index is 4.31. The van der Waals surface area contributed by atoms with E-state index in [1.54, 1.807) is 0 Å². The van der Waals surface area contributed by atoms with Crippen LogP contribution in [0.5, 0.6) is 0 Å². The average Bonchev–Trinajstić information content (AvgIpc) is 2.16. The molecule has 0 N–H and O–H groups in total. The summed E-state index contributed by atoms with van der Waals surface area (Å²) in [4.78, 5) is 0. The summed E-state index contributed by atoms with van der Waals surface area (Å²) < 4.78 is 0. The van der Waals surface area contributed by atoms with Crippen molar-refractivity contribution < 1.29 is 0 Å². The molecule has 0 unspecified atom stereocenters. The summed E-state index contributed by atoms with van der Waals surface area (Å²) in [7, 11) is 0. The molecule has 0 nitrogen and oxygen atoms in total. The molecule has 0 spiro atoms. The first-order valence-electron chi connectivity index (χ1n) is 6.76. The molecule has 0 radical (unpaired) electrons. The molecule has 0 aromatic carbocycles. The second kappa shape index (κ2) is 7.28. The molecular formula is C13H30BrP. The fraction of sp³-hybridized carbons (Fsp3) is 1.00. The monoisotopic (exact) mass is 296 g/mol. The van der Waals surface area contributed by atoms with Crippen LogP contribution in [0.4, 0.5) is 0 Å². The topological polar surface area (TPSA) is 0 Å². The van der Waals surface area contributed by atoms with E-state index in [1.807, 2.05) is 0 Å². The Morgan fingerprint density at radius 2 is 1.07 bits per heavy atom. The van der Waals surface area contributed by atoms with Crippen molar-refractivity contribution in [3.8, 4) is 0 Å². The molecule has 0 aliphatic rings.